The Morgan fingerprint density at radius 2 is 2.12 bits per heavy atom. The minimum Gasteiger partial charge on any atom is -0.366 e. The van der Waals surface area contributed by atoms with E-state index in [1.165, 1.54) is 25.7 Å². The van der Waals surface area contributed by atoms with Crippen molar-refractivity contribution in [3.63, 3.8) is 0 Å². The van der Waals surface area contributed by atoms with E-state index in [0.29, 0.717) is 6.04 Å². The Bertz CT molecular complexity index is 367. The van der Waals surface area contributed by atoms with Gasteiger partial charge in [-0.3, -0.25) is 0 Å². The van der Waals surface area contributed by atoms with Crippen molar-refractivity contribution in [1.82, 2.24) is 9.97 Å². The third kappa shape index (κ3) is 3.30. The Kier molecular flexibility index (Phi) is 4.59. The number of anilines is 1. The lowest BCUT2D eigenvalue weighted by atomic mass is 9.78. The van der Waals surface area contributed by atoms with E-state index >= 15 is 0 Å². The van der Waals surface area contributed by atoms with Crippen molar-refractivity contribution >= 4 is 28.4 Å². The fourth-order valence-electron chi connectivity index (χ4n) is 2.73. The van der Waals surface area contributed by atoms with Crippen LogP contribution < -0.4 is 5.32 Å². The van der Waals surface area contributed by atoms with Gasteiger partial charge < -0.3 is 5.32 Å². The molecule has 0 aliphatic heterocycles. The SMILES string of the molecule is CC(C)C1CCCCC1Nc1ncncc1I. The summed E-state index contributed by atoms with van der Waals surface area (Å²) in [5.74, 6) is 2.51. The molecule has 94 valence electrons. The van der Waals surface area contributed by atoms with Gasteiger partial charge in [-0.05, 0) is 47.3 Å². The summed E-state index contributed by atoms with van der Waals surface area (Å²) in [4.78, 5) is 8.37. The summed E-state index contributed by atoms with van der Waals surface area (Å²) in [7, 11) is 0. The van der Waals surface area contributed by atoms with Gasteiger partial charge in [-0.1, -0.05) is 26.7 Å². The fraction of sp³-hybridized carbons (Fsp3) is 0.692. The summed E-state index contributed by atoms with van der Waals surface area (Å²) in [5, 5.41) is 3.62. The van der Waals surface area contributed by atoms with Crippen molar-refractivity contribution in [3.8, 4) is 0 Å². The highest BCUT2D eigenvalue weighted by Crippen LogP contribution is 2.32. The third-order valence-electron chi connectivity index (χ3n) is 3.67. The lowest BCUT2D eigenvalue weighted by Crippen LogP contribution is -2.35. The normalized spacial score (nSPS) is 24.9. The first-order valence-corrected chi connectivity index (χ1v) is 7.48. The lowest BCUT2D eigenvalue weighted by molar-refractivity contribution is 0.253. The molecule has 4 heteroatoms. The molecule has 2 unspecified atom stereocenters. The monoisotopic (exact) mass is 345 g/mol. The maximum absolute atomic E-state index is 4.34. The van der Waals surface area contributed by atoms with Crippen LogP contribution in [0.1, 0.15) is 39.5 Å². The molecule has 17 heavy (non-hydrogen) atoms. The highest BCUT2D eigenvalue weighted by Gasteiger charge is 2.27. The molecule has 1 aliphatic carbocycles. The van der Waals surface area contributed by atoms with E-state index in [0.717, 1.165) is 21.2 Å². The quantitative estimate of drug-likeness (QED) is 0.849. The Hall–Kier alpha value is -0.390. The predicted molar refractivity (Wildman–Crippen MR) is 79.0 cm³/mol. The smallest absolute Gasteiger partial charge is 0.143 e. The van der Waals surface area contributed by atoms with E-state index in [-0.39, 0.29) is 0 Å². The van der Waals surface area contributed by atoms with Gasteiger partial charge in [0.15, 0.2) is 0 Å². The van der Waals surface area contributed by atoms with Crippen LogP contribution in [0.4, 0.5) is 5.82 Å². The molecule has 0 amide bonds. The molecule has 1 aliphatic rings. The molecule has 1 aromatic rings. The van der Waals surface area contributed by atoms with Crippen LogP contribution >= 0.6 is 22.6 Å². The topological polar surface area (TPSA) is 37.8 Å². The van der Waals surface area contributed by atoms with Gasteiger partial charge in [-0.25, -0.2) is 9.97 Å². The van der Waals surface area contributed by atoms with Gasteiger partial charge in [-0.2, -0.15) is 0 Å². The van der Waals surface area contributed by atoms with Crippen LogP contribution in [-0.2, 0) is 0 Å². The average Bonchev–Trinajstić information content (AvgIpc) is 2.32. The highest BCUT2D eigenvalue weighted by molar-refractivity contribution is 14.1. The van der Waals surface area contributed by atoms with Crippen LogP contribution in [0, 0.1) is 15.4 Å². The zero-order valence-electron chi connectivity index (χ0n) is 10.5. The average molecular weight is 345 g/mol. The maximum atomic E-state index is 4.34. The molecule has 0 aromatic carbocycles. The number of nitrogens with zero attached hydrogens (tertiary/aromatic N) is 2. The second-order valence-corrected chi connectivity index (χ2v) is 6.32. The van der Waals surface area contributed by atoms with E-state index < -0.39 is 0 Å². The zero-order valence-corrected chi connectivity index (χ0v) is 12.6. The number of nitrogens with one attached hydrogen (secondary N) is 1. The molecule has 1 aromatic heterocycles. The van der Waals surface area contributed by atoms with Crippen LogP contribution in [0.5, 0.6) is 0 Å². The van der Waals surface area contributed by atoms with Crippen LogP contribution in [0.2, 0.25) is 0 Å². The van der Waals surface area contributed by atoms with Crippen molar-refractivity contribution in [1.29, 1.82) is 0 Å². The van der Waals surface area contributed by atoms with Crippen molar-refractivity contribution in [2.45, 2.75) is 45.6 Å². The van der Waals surface area contributed by atoms with E-state index in [1.54, 1.807) is 6.33 Å². The van der Waals surface area contributed by atoms with Crippen LogP contribution in [0.25, 0.3) is 0 Å². The molecule has 2 rings (SSSR count). The molecule has 0 radical (unpaired) electrons. The Morgan fingerprint density at radius 3 is 2.82 bits per heavy atom. The second-order valence-electron chi connectivity index (χ2n) is 5.16. The number of hydrogen-bond acceptors (Lipinski definition) is 3. The maximum Gasteiger partial charge on any atom is 0.143 e. The number of aromatic nitrogens is 2. The van der Waals surface area contributed by atoms with Gasteiger partial charge in [0.25, 0.3) is 0 Å². The first-order valence-electron chi connectivity index (χ1n) is 6.40. The minimum atomic E-state index is 0.576. The standard InChI is InChI=1S/C13H20IN3/c1-9(2)10-5-3-4-6-12(10)17-13-11(14)7-15-8-16-13/h7-10,12H,3-6H2,1-2H3,(H,15,16,17). The molecule has 1 heterocycles. The summed E-state index contributed by atoms with van der Waals surface area (Å²) in [6, 6.07) is 0.576. The van der Waals surface area contributed by atoms with E-state index in [2.05, 4.69) is 51.7 Å². The first-order chi connectivity index (χ1) is 8.18. The van der Waals surface area contributed by atoms with Gasteiger partial charge in [0.2, 0.25) is 0 Å². The summed E-state index contributed by atoms with van der Waals surface area (Å²) in [6.45, 7) is 4.66. The van der Waals surface area contributed by atoms with Gasteiger partial charge >= 0.3 is 0 Å². The number of rotatable bonds is 3. The molecule has 1 N–H and O–H groups in total. The van der Waals surface area contributed by atoms with Crippen LogP contribution in [0.15, 0.2) is 12.5 Å². The molecular formula is C13H20IN3. The minimum absolute atomic E-state index is 0.576. The molecule has 0 saturated heterocycles. The van der Waals surface area contributed by atoms with Crippen LogP contribution in [-0.4, -0.2) is 16.0 Å². The van der Waals surface area contributed by atoms with Gasteiger partial charge in [0, 0.05) is 12.2 Å². The predicted octanol–water partition coefficient (Wildman–Crippen LogP) is 3.71. The number of halogens is 1. The van der Waals surface area contributed by atoms with E-state index in [1.807, 2.05) is 6.20 Å². The van der Waals surface area contributed by atoms with Crippen molar-refractivity contribution in [2.24, 2.45) is 11.8 Å². The van der Waals surface area contributed by atoms with E-state index in [9.17, 15) is 0 Å². The summed E-state index contributed by atoms with van der Waals surface area (Å²) >= 11 is 2.29. The Morgan fingerprint density at radius 1 is 1.35 bits per heavy atom. The fourth-order valence-corrected chi connectivity index (χ4v) is 3.19. The zero-order chi connectivity index (χ0) is 12.3. The molecule has 0 bridgehead atoms. The third-order valence-corrected chi connectivity index (χ3v) is 4.45. The first kappa shape index (κ1) is 13.1. The van der Waals surface area contributed by atoms with Gasteiger partial charge in [-0.15, -0.1) is 0 Å². The largest absolute Gasteiger partial charge is 0.366 e. The number of hydrogen-bond donors (Lipinski definition) is 1. The molecular weight excluding hydrogens is 325 g/mol. The molecule has 1 fully saturated rings. The molecule has 2 atom stereocenters. The highest BCUT2D eigenvalue weighted by atomic mass is 127. The van der Waals surface area contributed by atoms with Crippen molar-refractivity contribution < 1.29 is 0 Å². The Labute approximate surface area is 117 Å². The lowest BCUT2D eigenvalue weighted by Gasteiger charge is -2.35. The van der Waals surface area contributed by atoms with Crippen LogP contribution in [0.3, 0.4) is 0 Å². The molecule has 1 saturated carbocycles. The summed E-state index contributed by atoms with van der Waals surface area (Å²) in [6.07, 6.45) is 8.81. The van der Waals surface area contributed by atoms with E-state index in [4.69, 9.17) is 0 Å². The van der Waals surface area contributed by atoms with Crippen molar-refractivity contribution in [2.75, 3.05) is 5.32 Å². The summed E-state index contributed by atoms with van der Waals surface area (Å²) < 4.78 is 1.11. The second kappa shape index (κ2) is 5.98. The van der Waals surface area contributed by atoms with Crippen molar-refractivity contribution in [3.05, 3.63) is 16.1 Å². The summed E-state index contributed by atoms with van der Waals surface area (Å²) in [5.41, 5.74) is 0. The molecule has 3 nitrogen and oxygen atoms in total. The van der Waals surface area contributed by atoms with Gasteiger partial charge in [0.1, 0.15) is 12.1 Å². The van der Waals surface area contributed by atoms with Gasteiger partial charge in [0.05, 0.1) is 3.57 Å². The Balaban J connectivity index is 2.08. The molecule has 0 spiro atoms.